The molecule has 170 valence electrons. The Labute approximate surface area is 190 Å². The molecule has 0 aliphatic heterocycles. The molecule has 1 amide bonds. The van der Waals surface area contributed by atoms with Crippen LogP contribution in [0.25, 0.3) is 0 Å². The number of benzene rings is 2. The number of halogens is 1. The number of amides is 1. The SMILES string of the molecule is CC[C@H](C(=O)N[C@@H](CC(C)C)c1ccc(OC)cc1)N(c1ccc(Cl)cc1)S(C)(=O)=O. The van der Waals surface area contributed by atoms with Crippen molar-refractivity contribution in [1.82, 2.24) is 5.32 Å². The Balaban J connectivity index is 2.36. The van der Waals surface area contributed by atoms with Crippen LogP contribution in [0.4, 0.5) is 5.69 Å². The maximum Gasteiger partial charge on any atom is 0.244 e. The quantitative estimate of drug-likeness (QED) is 0.545. The van der Waals surface area contributed by atoms with Crippen molar-refractivity contribution in [2.24, 2.45) is 5.92 Å². The van der Waals surface area contributed by atoms with Crippen molar-refractivity contribution in [3.8, 4) is 5.75 Å². The number of sulfonamides is 1. The maximum absolute atomic E-state index is 13.3. The van der Waals surface area contributed by atoms with Gasteiger partial charge >= 0.3 is 0 Å². The Hall–Kier alpha value is -2.25. The van der Waals surface area contributed by atoms with Crippen LogP contribution >= 0.6 is 11.6 Å². The summed E-state index contributed by atoms with van der Waals surface area (Å²) in [7, 11) is -2.10. The topological polar surface area (TPSA) is 75.7 Å². The van der Waals surface area contributed by atoms with E-state index in [-0.39, 0.29) is 11.9 Å². The molecule has 0 unspecified atom stereocenters. The number of carbonyl (C=O) groups is 1. The van der Waals surface area contributed by atoms with Crippen molar-refractivity contribution in [3.05, 3.63) is 59.1 Å². The monoisotopic (exact) mass is 466 g/mol. The summed E-state index contributed by atoms with van der Waals surface area (Å²) < 4.78 is 31.6. The molecule has 0 bridgehead atoms. The van der Waals surface area contributed by atoms with Gasteiger partial charge in [-0.3, -0.25) is 9.10 Å². The third kappa shape index (κ3) is 6.87. The third-order valence-corrected chi connectivity index (χ3v) is 6.38. The molecule has 6 nitrogen and oxygen atoms in total. The van der Waals surface area contributed by atoms with Crippen molar-refractivity contribution >= 4 is 33.2 Å². The molecule has 2 rings (SSSR count). The standard InChI is InChI=1S/C23H31ClN2O4S/c1-6-22(26(31(5,28)29)19-11-9-18(24)10-12-19)23(27)25-21(15-16(2)3)17-7-13-20(30-4)14-8-17/h7-14,16,21-22H,6,15H2,1-5H3,(H,25,27)/t21-,22+/m0/s1. The van der Waals surface area contributed by atoms with Gasteiger partial charge in [0.25, 0.3) is 0 Å². The molecule has 0 spiro atoms. The van der Waals surface area contributed by atoms with E-state index in [1.54, 1.807) is 38.3 Å². The van der Waals surface area contributed by atoms with Crippen molar-refractivity contribution in [3.63, 3.8) is 0 Å². The van der Waals surface area contributed by atoms with Crippen molar-refractivity contribution < 1.29 is 17.9 Å². The van der Waals surface area contributed by atoms with Crippen LogP contribution in [0.3, 0.4) is 0 Å². The third-order valence-electron chi connectivity index (χ3n) is 4.95. The van der Waals surface area contributed by atoms with E-state index in [1.807, 2.05) is 24.3 Å². The minimum Gasteiger partial charge on any atom is -0.497 e. The second-order valence-corrected chi connectivity index (χ2v) is 10.2. The van der Waals surface area contributed by atoms with Crippen LogP contribution in [0.15, 0.2) is 48.5 Å². The van der Waals surface area contributed by atoms with Gasteiger partial charge in [0.05, 0.1) is 25.1 Å². The second-order valence-electron chi connectivity index (χ2n) is 7.92. The first-order valence-corrected chi connectivity index (χ1v) is 12.5. The van der Waals surface area contributed by atoms with E-state index < -0.39 is 16.1 Å². The highest BCUT2D eigenvalue weighted by atomic mass is 35.5. The predicted octanol–water partition coefficient (Wildman–Crippen LogP) is 4.80. The van der Waals surface area contributed by atoms with Crippen molar-refractivity contribution in [2.75, 3.05) is 17.7 Å². The molecule has 31 heavy (non-hydrogen) atoms. The van der Waals surface area contributed by atoms with E-state index in [2.05, 4.69) is 19.2 Å². The Kier molecular flexibility index (Phi) is 8.77. The van der Waals surface area contributed by atoms with Gasteiger partial charge in [0, 0.05) is 5.02 Å². The lowest BCUT2D eigenvalue weighted by Gasteiger charge is -2.32. The lowest BCUT2D eigenvalue weighted by atomic mass is 9.96. The number of nitrogens with one attached hydrogen (secondary N) is 1. The fourth-order valence-electron chi connectivity index (χ4n) is 3.50. The van der Waals surface area contributed by atoms with Crippen LogP contribution in [-0.4, -0.2) is 33.7 Å². The molecular formula is C23H31ClN2O4S. The van der Waals surface area contributed by atoms with Crippen LogP contribution in [0.1, 0.15) is 45.2 Å². The molecular weight excluding hydrogens is 436 g/mol. The predicted molar refractivity (Wildman–Crippen MR) is 126 cm³/mol. The summed E-state index contributed by atoms with van der Waals surface area (Å²) in [4.78, 5) is 13.3. The molecule has 0 fully saturated rings. The van der Waals surface area contributed by atoms with E-state index in [4.69, 9.17) is 16.3 Å². The zero-order chi connectivity index (χ0) is 23.2. The largest absolute Gasteiger partial charge is 0.497 e. The molecule has 0 saturated heterocycles. The molecule has 0 saturated carbocycles. The van der Waals surface area contributed by atoms with E-state index in [0.29, 0.717) is 29.5 Å². The van der Waals surface area contributed by atoms with Crippen LogP contribution in [0.5, 0.6) is 5.75 Å². The Morgan fingerprint density at radius 3 is 2.13 bits per heavy atom. The number of methoxy groups -OCH3 is 1. The minimum absolute atomic E-state index is 0.251. The van der Waals surface area contributed by atoms with E-state index in [0.717, 1.165) is 17.6 Å². The van der Waals surface area contributed by atoms with Gasteiger partial charge in [-0.1, -0.05) is 44.5 Å². The summed E-state index contributed by atoms with van der Waals surface area (Å²) in [6, 6.07) is 12.8. The molecule has 2 aromatic rings. The van der Waals surface area contributed by atoms with E-state index in [1.165, 1.54) is 4.31 Å². The summed E-state index contributed by atoms with van der Waals surface area (Å²) in [5.41, 5.74) is 1.34. The number of nitrogens with zero attached hydrogens (tertiary/aromatic N) is 1. The first kappa shape index (κ1) is 25.0. The summed E-state index contributed by atoms with van der Waals surface area (Å²) in [6.07, 6.45) is 2.14. The van der Waals surface area contributed by atoms with Gasteiger partial charge in [-0.05, 0) is 60.7 Å². The average Bonchev–Trinajstić information content (AvgIpc) is 2.71. The van der Waals surface area contributed by atoms with Gasteiger partial charge in [-0.15, -0.1) is 0 Å². The highest BCUT2D eigenvalue weighted by molar-refractivity contribution is 7.92. The molecule has 0 aliphatic carbocycles. The first-order chi connectivity index (χ1) is 14.6. The lowest BCUT2D eigenvalue weighted by molar-refractivity contribution is -0.123. The summed E-state index contributed by atoms with van der Waals surface area (Å²) in [6.45, 7) is 5.95. The van der Waals surface area contributed by atoms with Crippen molar-refractivity contribution in [2.45, 2.75) is 45.7 Å². The highest BCUT2D eigenvalue weighted by Gasteiger charge is 2.32. The van der Waals surface area contributed by atoms with Crippen LogP contribution < -0.4 is 14.4 Å². The normalized spacial score (nSPS) is 13.5. The molecule has 0 aromatic heterocycles. The van der Waals surface area contributed by atoms with Gasteiger partial charge in [-0.2, -0.15) is 0 Å². The number of hydrogen-bond donors (Lipinski definition) is 1. The van der Waals surface area contributed by atoms with Crippen LogP contribution in [-0.2, 0) is 14.8 Å². The van der Waals surface area contributed by atoms with Crippen LogP contribution in [0.2, 0.25) is 5.02 Å². The Morgan fingerprint density at radius 2 is 1.68 bits per heavy atom. The van der Waals surface area contributed by atoms with E-state index in [9.17, 15) is 13.2 Å². The van der Waals surface area contributed by atoms with Crippen LogP contribution in [0, 0.1) is 5.92 Å². The number of ether oxygens (including phenoxy) is 1. The summed E-state index contributed by atoms with van der Waals surface area (Å²) in [5, 5.41) is 3.57. The van der Waals surface area contributed by atoms with Gasteiger partial charge in [0.2, 0.25) is 15.9 Å². The number of anilines is 1. The zero-order valence-electron chi connectivity index (χ0n) is 18.6. The fourth-order valence-corrected chi connectivity index (χ4v) is 4.84. The molecule has 2 aromatic carbocycles. The Bertz CT molecular complexity index is 960. The summed E-state index contributed by atoms with van der Waals surface area (Å²) >= 11 is 5.96. The Morgan fingerprint density at radius 1 is 1.10 bits per heavy atom. The second kappa shape index (κ2) is 10.9. The average molecular weight is 467 g/mol. The molecule has 0 aliphatic rings. The zero-order valence-corrected chi connectivity index (χ0v) is 20.2. The van der Waals surface area contributed by atoms with Crippen molar-refractivity contribution in [1.29, 1.82) is 0 Å². The van der Waals surface area contributed by atoms with Gasteiger partial charge < -0.3 is 10.1 Å². The maximum atomic E-state index is 13.3. The van der Waals surface area contributed by atoms with Gasteiger partial charge in [0.15, 0.2) is 0 Å². The molecule has 8 heteroatoms. The first-order valence-electron chi connectivity index (χ1n) is 10.3. The molecule has 0 heterocycles. The lowest BCUT2D eigenvalue weighted by Crippen LogP contribution is -2.50. The van der Waals surface area contributed by atoms with Gasteiger partial charge in [-0.25, -0.2) is 8.42 Å². The molecule has 1 N–H and O–H groups in total. The smallest absolute Gasteiger partial charge is 0.244 e. The molecule has 0 radical (unpaired) electrons. The number of hydrogen-bond acceptors (Lipinski definition) is 4. The van der Waals surface area contributed by atoms with Gasteiger partial charge in [0.1, 0.15) is 11.8 Å². The number of carbonyl (C=O) groups excluding carboxylic acids is 1. The number of rotatable bonds is 10. The minimum atomic E-state index is -3.71. The molecule has 2 atom stereocenters. The summed E-state index contributed by atoms with van der Waals surface area (Å²) in [5.74, 6) is 0.717. The highest BCUT2D eigenvalue weighted by Crippen LogP contribution is 2.27. The fraction of sp³-hybridized carbons (Fsp3) is 0.435. The van der Waals surface area contributed by atoms with E-state index >= 15 is 0 Å².